The summed E-state index contributed by atoms with van der Waals surface area (Å²) in [4.78, 5) is 0. The monoisotopic (exact) mass is 348 g/mol. The third-order valence-corrected chi connectivity index (χ3v) is 2.87. The van der Waals surface area contributed by atoms with Gasteiger partial charge in [0.1, 0.15) is 0 Å². The molecule has 1 aliphatic heterocycles. The maximum absolute atomic E-state index is 5.02. The van der Waals surface area contributed by atoms with E-state index in [1.165, 1.54) is 0 Å². The minimum atomic E-state index is 0.464. The van der Waals surface area contributed by atoms with Crippen molar-refractivity contribution >= 4 is 31.9 Å². The minimum absolute atomic E-state index is 0.464. The SMILES string of the molecule is Brc1cn[nH]c1.Brc1cnn(C2COC2)c1. The number of hydrogen-bond acceptors (Lipinski definition) is 3. The van der Waals surface area contributed by atoms with E-state index in [4.69, 9.17) is 4.74 Å². The number of rotatable bonds is 1. The van der Waals surface area contributed by atoms with E-state index in [1.807, 2.05) is 10.9 Å². The Balaban J connectivity index is 0.000000138. The molecule has 7 heteroatoms. The number of H-pyrrole nitrogens is 1. The molecule has 1 fully saturated rings. The second-order valence-corrected chi connectivity index (χ2v) is 5.08. The van der Waals surface area contributed by atoms with Crippen LogP contribution in [0.5, 0.6) is 0 Å². The molecule has 3 heterocycles. The normalized spacial score (nSPS) is 15.1. The summed E-state index contributed by atoms with van der Waals surface area (Å²) in [5, 5.41) is 10.4. The van der Waals surface area contributed by atoms with E-state index in [0.29, 0.717) is 6.04 Å². The van der Waals surface area contributed by atoms with Gasteiger partial charge in [0, 0.05) is 12.4 Å². The van der Waals surface area contributed by atoms with E-state index in [2.05, 4.69) is 47.2 Å². The van der Waals surface area contributed by atoms with E-state index >= 15 is 0 Å². The highest BCUT2D eigenvalue weighted by Crippen LogP contribution is 2.18. The van der Waals surface area contributed by atoms with Crippen molar-refractivity contribution in [2.45, 2.75) is 6.04 Å². The Morgan fingerprint density at radius 3 is 2.44 bits per heavy atom. The summed E-state index contributed by atoms with van der Waals surface area (Å²) in [6.45, 7) is 1.60. The van der Waals surface area contributed by atoms with Gasteiger partial charge in [0.15, 0.2) is 0 Å². The zero-order valence-electron chi connectivity index (χ0n) is 8.31. The molecule has 1 N–H and O–H groups in total. The molecule has 3 rings (SSSR count). The van der Waals surface area contributed by atoms with Crippen LogP contribution < -0.4 is 0 Å². The zero-order chi connectivity index (χ0) is 11.4. The van der Waals surface area contributed by atoms with Crippen LogP contribution in [-0.2, 0) is 4.74 Å². The van der Waals surface area contributed by atoms with Crippen LogP contribution >= 0.6 is 31.9 Å². The molecule has 0 amide bonds. The lowest BCUT2D eigenvalue weighted by molar-refractivity contribution is -0.0286. The highest BCUT2D eigenvalue weighted by molar-refractivity contribution is 9.10. The molecule has 5 nitrogen and oxygen atoms in total. The van der Waals surface area contributed by atoms with Gasteiger partial charge in [-0.15, -0.1) is 0 Å². The molecule has 0 unspecified atom stereocenters. The Bertz CT molecular complexity index is 424. The summed E-state index contributed by atoms with van der Waals surface area (Å²) < 4.78 is 8.96. The fraction of sp³-hybridized carbons (Fsp3) is 0.333. The van der Waals surface area contributed by atoms with E-state index in [-0.39, 0.29) is 0 Å². The van der Waals surface area contributed by atoms with Crippen molar-refractivity contribution < 1.29 is 4.74 Å². The van der Waals surface area contributed by atoms with Gasteiger partial charge in [-0.3, -0.25) is 9.78 Å². The average molecular weight is 350 g/mol. The molecule has 0 spiro atoms. The van der Waals surface area contributed by atoms with Crippen molar-refractivity contribution in [2.75, 3.05) is 13.2 Å². The molecule has 2 aromatic heterocycles. The van der Waals surface area contributed by atoms with Gasteiger partial charge in [0.05, 0.1) is 40.6 Å². The Kier molecular flexibility index (Phi) is 4.14. The Hall–Kier alpha value is -0.660. The standard InChI is InChI=1S/C6H7BrN2O.C3H3BrN2/c7-5-1-8-9(2-5)6-3-10-4-6;4-3-1-5-6-2-3/h1-2,6H,3-4H2;1-2H,(H,5,6). The molecule has 0 atom stereocenters. The van der Waals surface area contributed by atoms with E-state index in [9.17, 15) is 0 Å². The molecule has 0 aromatic carbocycles. The molecule has 2 aromatic rings. The van der Waals surface area contributed by atoms with Crippen LogP contribution in [0.1, 0.15) is 6.04 Å². The fourth-order valence-electron chi connectivity index (χ4n) is 1.13. The van der Waals surface area contributed by atoms with Gasteiger partial charge in [-0.05, 0) is 31.9 Å². The number of ether oxygens (including phenoxy) is 1. The summed E-state index contributed by atoms with van der Waals surface area (Å²) in [6, 6.07) is 0.464. The number of nitrogens with one attached hydrogen (secondary N) is 1. The van der Waals surface area contributed by atoms with Crippen molar-refractivity contribution in [1.82, 2.24) is 20.0 Å². The Morgan fingerprint density at radius 2 is 2.12 bits per heavy atom. The van der Waals surface area contributed by atoms with Crippen molar-refractivity contribution in [2.24, 2.45) is 0 Å². The van der Waals surface area contributed by atoms with Gasteiger partial charge in [-0.1, -0.05) is 0 Å². The van der Waals surface area contributed by atoms with Gasteiger partial charge in [-0.2, -0.15) is 10.2 Å². The lowest BCUT2D eigenvalue weighted by atomic mass is 10.3. The summed E-state index contributed by atoms with van der Waals surface area (Å²) >= 11 is 6.52. The molecular formula is C9H10Br2N4O. The van der Waals surface area contributed by atoms with Gasteiger partial charge in [0.2, 0.25) is 0 Å². The first-order valence-electron chi connectivity index (χ1n) is 4.67. The topological polar surface area (TPSA) is 55.7 Å². The average Bonchev–Trinajstić information content (AvgIpc) is 2.76. The highest BCUT2D eigenvalue weighted by Gasteiger charge is 2.20. The molecule has 0 aliphatic carbocycles. The van der Waals surface area contributed by atoms with E-state index < -0.39 is 0 Å². The summed E-state index contributed by atoms with van der Waals surface area (Å²) in [5.74, 6) is 0. The largest absolute Gasteiger partial charge is 0.377 e. The summed E-state index contributed by atoms with van der Waals surface area (Å²) in [5.41, 5.74) is 0. The quantitative estimate of drug-likeness (QED) is 0.860. The molecule has 0 bridgehead atoms. The van der Waals surface area contributed by atoms with Crippen LogP contribution in [0.4, 0.5) is 0 Å². The van der Waals surface area contributed by atoms with Gasteiger partial charge >= 0.3 is 0 Å². The number of nitrogens with zero attached hydrogens (tertiary/aromatic N) is 3. The lowest BCUT2D eigenvalue weighted by Gasteiger charge is -2.25. The van der Waals surface area contributed by atoms with Gasteiger partial charge < -0.3 is 4.74 Å². The van der Waals surface area contributed by atoms with Crippen LogP contribution in [0.2, 0.25) is 0 Å². The first-order valence-corrected chi connectivity index (χ1v) is 6.26. The Labute approximate surface area is 109 Å². The lowest BCUT2D eigenvalue weighted by Crippen LogP contribution is -2.30. The minimum Gasteiger partial charge on any atom is -0.377 e. The smallest absolute Gasteiger partial charge is 0.0985 e. The summed E-state index contributed by atoms with van der Waals surface area (Å²) in [7, 11) is 0. The van der Waals surface area contributed by atoms with Crippen molar-refractivity contribution in [1.29, 1.82) is 0 Å². The van der Waals surface area contributed by atoms with Crippen LogP contribution in [0.25, 0.3) is 0 Å². The Morgan fingerprint density at radius 1 is 1.31 bits per heavy atom. The maximum Gasteiger partial charge on any atom is 0.0985 e. The van der Waals surface area contributed by atoms with E-state index in [0.717, 1.165) is 22.2 Å². The predicted octanol–water partition coefficient (Wildman–Crippen LogP) is 2.39. The number of aromatic amines is 1. The maximum atomic E-state index is 5.02. The third-order valence-electron chi connectivity index (χ3n) is 2.03. The fourth-order valence-corrected chi connectivity index (χ4v) is 1.63. The van der Waals surface area contributed by atoms with Crippen LogP contribution in [0, 0.1) is 0 Å². The number of halogens is 2. The van der Waals surface area contributed by atoms with Crippen LogP contribution in [0.3, 0.4) is 0 Å². The molecule has 1 saturated heterocycles. The molecule has 0 radical (unpaired) electrons. The second kappa shape index (κ2) is 5.60. The van der Waals surface area contributed by atoms with Crippen LogP contribution in [-0.4, -0.2) is 33.2 Å². The van der Waals surface area contributed by atoms with Crippen LogP contribution in [0.15, 0.2) is 33.7 Å². The number of hydrogen-bond donors (Lipinski definition) is 1. The van der Waals surface area contributed by atoms with Crippen molar-refractivity contribution in [3.8, 4) is 0 Å². The van der Waals surface area contributed by atoms with Gasteiger partial charge in [-0.25, -0.2) is 0 Å². The molecule has 86 valence electrons. The molecule has 16 heavy (non-hydrogen) atoms. The third kappa shape index (κ3) is 3.16. The summed E-state index contributed by atoms with van der Waals surface area (Å²) in [6.07, 6.45) is 7.21. The predicted molar refractivity (Wildman–Crippen MR) is 66.1 cm³/mol. The van der Waals surface area contributed by atoms with Crippen molar-refractivity contribution in [3.63, 3.8) is 0 Å². The zero-order valence-corrected chi connectivity index (χ0v) is 11.5. The first-order chi connectivity index (χ1) is 7.75. The molecular weight excluding hydrogens is 340 g/mol. The molecule has 1 aliphatic rings. The first kappa shape index (κ1) is 11.8. The highest BCUT2D eigenvalue weighted by atomic mass is 79.9. The second-order valence-electron chi connectivity index (χ2n) is 3.25. The van der Waals surface area contributed by atoms with Crippen molar-refractivity contribution in [3.05, 3.63) is 33.7 Å². The van der Waals surface area contributed by atoms with E-state index in [1.54, 1.807) is 18.6 Å². The molecule has 0 saturated carbocycles. The van der Waals surface area contributed by atoms with Gasteiger partial charge in [0.25, 0.3) is 0 Å². The number of aromatic nitrogens is 4.